The van der Waals surface area contributed by atoms with Gasteiger partial charge in [-0.2, -0.15) is 0 Å². The average molecular weight is 405 g/mol. The van der Waals surface area contributed by atoms with Gasteiger partial charge in [-0.1, -0.05) is 30.3 Å². The third kappa shape index (κ3) is 4.79. The van der Waals surface area contributed by atoms with E-state index in [4.69, 9.17) is 9.47 Å². The fourth-order valence-corrected chi connectivity index (χ4v) is 3.42. The van der Waals surface area contributed by atoms with Crippen LogP contribution >= 0.6 is 0 Å². The summed E-state index contributed by atoms with van der Waals surface area (Å²) >= 11 is 0. The Labute approximate surface area is 176 Å². The van der Waals surface area contributed by atoms with E-state index in [0.29, 0.717) is 11.4 Å². The summed E-state index contributed by atoms with van der Waals surface area (Å²) in [5.41, 5.74) is 2.58. The van der Waals surface area contributed by atoms with E-state index in [1.165, 1.54) is 0 Å². The summed E-state index contributed by atoms with van der Waals surface area (Å²) in [4.78, 5) is 25.6. The third-order valence-electron chi connectivity index (χ3n) is 4.72. The Morgan fingerprint density at radius 2 is 1.77 bits per heavy atom. The Bertz CT molecular complexity index is 1100. The molecule has 0 unspecified atom stereocenters. The van der Waals surface area contributed by atoms with Crippen molar-refractivity contribution in [2.45, 2.75) is 39.7 Å². The second-order valence-electron chi connectivity index (χ2n) is 8.13. The molecule has 0 spiro atoms. The Morgan fingerprint density at radius 1 is 1.07 bits per heavy atom. The first-order chi connectivity index (χ1) is 14.2. The van der Waals surface area contributed by atoms with Gasteiger partial charge in [0.2, 0.25) is 0 Å². The zero-order valence-electron chi connectivity index (χ0n) is 18.1. The fraction of sp³-hybridized carbons (Fsp3) is 0.280. The van der Waals surface area contributed by atoms with Gasteiger partial charge in [-0.25, -0.2) is 0 Å². The second kappa shape index (κ2) is 8.57. The molecular weight excluding hydrogens is 378 g/mol. The van der Waals surface area contributed by atoms with Crippen molar-refractivity contribution >= 4 is 28.9 Å². The van der Waals surface area contributed by atoms with Crippen LogP contribution in [0.3, 0.4) is 0 Å². The van der Waals surface area contributed by atoms with Crippen LogP contribution in [0.25, 0.3) is 17.0 Å². The first-order valence-electron chi connectivity index (χ1n) is 9.87. The number of fused-ring (bicyclic) bond motifs is 1. The van der Waals surface area contributed by atoms with Gasteiger partial charge in [0.15, 0.2) is 0 Å². The highest BCUT2D eigenvalue weighted by Crippen LogP contribution is 2.30. The summed E-state index contributed by atoms with van der Waals surface area (Å²) < 4.78 is 12.5. The molecule has 0 saturated heterocycles. The minimum Gasteiger partial charge on any atom is -0.497 e. The SMILES string of the molecule is COc1ccc2c(c1)c(CC(=O)OC(C)(C)C)c(C)n2C(=O)C=Cc1ccccc1. The molecule has 0 fully saturated rings. The molecule has 0 saturated carbocycles. The topological polar surface area (TPSA) is 57.5 Å². The maximum Gasteiger partial charge on any atom is 0.310 e. The van der Waals surface area contributed by atoms with E-state index >= 15 is 0 Å². The van der Waals surface area contributed by atoms with E-state index in [1.54, 1.807) is 23.8 Å². The molecule has 5 nitrogen and oxygen atoms in total. The maximum atomic E-state index is 13.1. The first kappa shape index (κ1) is 21.4. The molecule has 1 heterocycles. The Morgan fingerprint density at radius 3 is 2.40 bits per heavy atom. The number of rotatable bonds is 5. The van der Waals surface area contributed by atoms with Gasteiger partial charge in [0.1, 0.15) is 11.4 Å². The molecule has 0 radical (unpaired) electrons. The summed E-state index contributed by atoms with van der Waals surface area (Å²) in [5.74, 6) is 0.152. The van der Waals surface area contributed by atoms with E-state index in [1.807, 2.05) is 76.2 Å². The van der Waals surface area contributed by atoms with Crippen LogP contribution in [0.15, 0.2) is 54.6 Å². The second-order valence-corrected chi connectivity index (χ2v) is 8.13. The summed E-state index contributed by atoms with van der Waals surface area (Å²) in [6.07, 6.45) is 3.41. The molecule has 0 aliphatic rings. The summed E-state index contributed by atoms with van der Waals surface area (Å²) in [7, 11) is 1.59. The summed E-state index contributed by atoms with van der Waals surface area (Å²) in [6, 6.07) is 15.1. The maximum absolute atomic E-state index is 13.1. The van der Waals surface area contributed by atoms with Crippen molar-refractivity contribution in [2.75, 3.05) is 7.11 Å². The minimum atomic E-state index is -0.574. The number of carbonyl (C=O) groups is 2. The van der Waals surface area contributed by atoms with Crippen LogP contribution in [0.2, 0.25) is 0 Å². The van der Waals surface area contributed by atoms with Crippen molar-refractivity contribution in [1.29, 1.82) is 0 Å². The molecule has 5 heteroatoms. The lowest BCUT2D eigenvalue weighted by Crippen LogP contribution is -2.25. The van der Waals surface area contributed by atoms with Gasteiger partial charge < -0.3 is 9.47 Å². The Hall–Kier alpha value is -3.34. The largest absolute Gasteiger partial charge is 0.497 e. The van der Waals surface area contributed by atoms with Gasteiger partial charge in [-0.15, -0.1) is 0 Å². The smallest absolute Gasteiger partial charge is 0.310 e. The molecule has 30 heavy (non-hydrogen) atoms. The highest BCUT2D eigenvalue weighted by atomic mass is 16.6. The number of allylic oxidation sites excluding steroid dienone is 1. The Balaban J connectivity index is 2.04. The monoisotopic (exact) mass is 405 g/mol. The zero-order valence-corrected chi connectivity index (χ0v) is 18.1. The van der Waals surface area contributed by atoms with Gasteiger partial charge in [-0.05, 0) is 63.1 Å². The van der Waals surface area contributed by atoms with Crippen LogP contribution in [0.4, 0.5) is 0 Å². The quantitative estimate of drug-likeness (QED) is 0.433. The number of benzene rings is 2. The number of methoxy groups -OCH3 is 1. The van der Waals surface area contributed by atoms with Crippen molar-refractivity contribution in [3.63, 3.8) is 0 Å². The van der Waals surface area contributed by atoms with E-state index in [9.17, 15) is 9.59 Å². The van der Waals surface area contributed by atoms with Crippen LogP contribution in [-0.4, -0.2) is 29.2 Å². The fourth-order valence-electron chi connectivity index (χ4n) is 3.42. The van der Waals surface area contributed by atoms with Crippen molar-refractivity contribution < 1.29 is 19.1 Å². The normalized spacial score (nSPS) is 11.8. The molecule has 0 atom stereocenters. The molecule has 0 aliphatic carbocycles. The number of nitrogens with zero attached hydrogens (tertiary/aromatic N) is 1. The number of hydrogen-bond acceptors (Lipinski definition) is 4. The van der Waals surface area contributed by atoms with Crippen LogP contribution in [0.1, 0.15) is 42.4 Å². The third-order valence-corrected chi connectivity index (χ3v) is 4.72. The first-order valence-corrected chi connectivity index (χ1v) is 9.87. The van der Waals surface area contributed by atoms with E-state index in [2.05, 4.69) is 0 Å². The lowest BCUT2D eigenvalue weighted by Gasteiger charge is -2.19. The predicted octanol–water partition coefficient (Wildman–Crippen LogP) is 5.20. The van der Waals surface area contributed by atoms with Crippen molar-refractivity contribution in [3.8, 4) is 5.75 Å². The molecule has 156 valence electrons. The van der Waals surface area contributed by atoms with Crippen LogP contribution in [0, 0.1) is 6.92 Å². The average Bonchev–Trinajstić information content (AvgIpc) is 2.96. The van der Waals surface area contributed by atoms with E-state index in [-0.39, 0.29) is 18.3 Å². The van der Waals surface area contributed by atoms with Crippen molar-refractivity contribution in [1.82, 2.24) is 4.57 Å². The number of esters is 1. The van der Waals surface area contributed by atoms with Gasteiger partial charge in [-0.3, -0.25) is 14.2 Å². The van der Waals surface area contributed by atoms with Crippen LogP contribution in [-0.2, 0) is 16.0 Å². The lowest BCUT2D eigenvalue weighted by molar-refractivity contribution is -0.153. The van der Waals surface area contributed by atoms with Gasteiger partial charge >= 0.3 is 5.97 Å². The van der Waals surface area contributed by atoms with Crippen LogP contribution in [0.5, 0.6) is 5.75 Å². The predicted molar refractivity (Wildman–Crippen MR) is 119 cm³/mol. The molecule has 1 aromatic heterocycles. The standard InChI is InChI=1S/C25H27NO4/c1-17-20(16-24(28)30-25(2,3)4)21-15-19(29-5)12-13-22(21)26(17)23(27)14-11-18-9-7-6-8-10-18/h6-15H,16H2,1-5H3. The van der Waals surface area contributed by atoms with E-state index < -0.39 is 5.60 Å². The molecule has 0 bridgehead atoms. The number of carbonyl (C=O) groups excluding carboxylic acids is 2. The molecule has 2 aromatic carbocycles. The molecular formula is C25H27NO4. The van der Waals surface area contributed by atoms with Crippen molar-refractivity contribution in [2.24, 2.45) is 0 Å². The molecule has 0 aliphatic heterocycles. The lowest BCUT2D eigenvalue weighted by atomic mass is 10.1. The highest BCUT2D eigenvalue weighted by molar-refractivity contribution is 6.03. The molecule has 0 amide bonds. The highest BCUT2D eigenvalue weighted by Gasteiger charge is 2.23. The van der Waals surface area contributed by atoms with Gasteiger partial charge in [0.05, 0.1) is 19.0 Å². The minimum absolute atomic E-state index is 0.0788. The molecule has 3 rings (SSSR count). The number of hydrogen-bond donors (Lipinski definition) is 0. The van der Waals surface area contributed by atoms with Gasteiger partial charge in [0, 0.05) is 17.2 Å². The summed E-state index contributed by atoms with van der Waals surface area (Å²) in [5, 5.41) is 0.805. The number of aromatic nitrogens is 1. The number of ether oxygens (including phenoxy) is 2. The Kier molecular flexibility index (Phi) is 6.11. The molecule has 0 N–H and O–H groups in total. The van der Waals surface area contributed by atoms with Crippen molar-refractivity contribution in [3.05, 3.63) is 71.4 Å². The van der Waals surface area contributed by atoms with E-state index in [0.717, 1.165) is 22.0 Å². The van der Waals surface area contributed by atoms with Gasteiger partial charge in [0.25, 0.3) is 5.91 Å². The molecule has 3 aromatic rings. The van der Waals surface area contributed by atoms with Crippen LogP contribution < -0.4 is 4.74 Å². The zero-order chi connectivity index (χ0) is 21.9. The summed E-state index contributed by atoms with van der Waals surface area (Å²) in [6.45, 7) is 7.35.